The first kappa shape index (κ1) is 18.5. The maximum absolute atomic E-state index is 12.7. The van der Waals surface area contributed by atoms with Gasteiger partial charge in [-0.25, -0.2) is 4.98 Å². The average Bonchev–Trinajstić information content (AvgIpc) is 3.30. The maximum Gasteiger partial charge on any atom is 0.279 e. The van der Waals surface area contributed by atoms with Gasteiger partial charge in [0, 0.05) is 31.8 Å². The summed E-state index contributed by atoms with van der Waals surface area (Å²) >= 11 is 0. The van der Waals surface area contributed by atoms with Crippen molar-refractivity contribution in [2.24, 2.45) is 14.1 Å². The van der Waals surface area contributed by atoms with Gasteiger partial charge in [-0.05, 0) is 24.3 Å². The number of hydrogen-bond donors (Lipinski definition) is 0. The van der Waals surface area contributed by atoms with Gasteiger partial charge in [0.05, 0.1) is 18.0 Å². The molecule has 0 saturated heterocycles. The zero-order valence-electron chi connectivity index (χ0n) is 16.6. The quantitative estimate of drug-likeness (QED) is 0.535. The second kappa shape index (κ2) is 6.95. The fourth-order valence-corrected chi connectivity index (χ4v) is 3.25. The Morgan fingerprint density at radius 2 is 1.86 bits per heavy atom. The van der Waals surface area contributed by atoms with Crippen molar-refractivity contribution in [2.75, 3.05) is 0 Å². The van der Waals surface area contributed by atoms with Gasteiger partial charge >= 0.3 is 0 Å². The summed E-state index contributed by atoms with van der Waals surface area (Å²) in [4.78, 5) is 17.0. The molecule has 0 saturated carbocycles. The molecule has 0 N–H and O–H groups in total. The highest BCUT2D eigenvalue weighted by Gasteiger charge is 2.15. The molecule has 0 aliphatic heterocycles. The lowest BCUT2D eigenvalue weighted by atomic mass is 10.1. The summed E-state index contributed by atoms with van der Waals surface area (Å²) in [7, 11) is 3.45. The van der Waals surface area contributed by atoms with Gasteiger partial charge in [0.15, 0.2) is 0 Å². The van der Waals surface area contributed by atoms with Crippen molar-refractivity contribution < 1.29 is 4.74 Å². The Morgan fingerprint density at radius 3 is 2.52 bits per heavy atom. The first-order valence-electron chi connectivity index (χ1n) is 9.18. The van der Waals surface area contributed by atoms with Crippen LogP contribution in [0.1, 0.15) is 31.2 Å². The average molecular weight is 388 g/mol. The second-order valence-electron chi connectivity index (χ2n) is 7.16. The van der Waals surface area contributed by atoms with E-state index >= 15 is 0 Å². The molecule has 0 bridgehead atoms. The highest BCUT2D eigenvalue weighted by Crippen LogP contribution is 2.27. The molecule has 1 aromatic carbocycles. The van der Waals surface area contributed by atoms with E-state index in [1.807, 2.05) is 26.0 Å². The number of nitrogens with zero attached hydrogens (tertiary/aromatic N) is 6. The monoisotopic (exact) mass is 388 g/mol. The number of aryl methyl sites for hydroxylation is 1. The van der Waals surface area contributed by atoms with Gasteiger partial charge in [-0.15, -0.1) is 0 Å². The first-order valence-corrected chi connectivity index (χ1v) is 9.18. The molecule has 0 aliphatic carbocycles. The predicted octanol–water partition coefficient (Wildman–Crippen LogP) is 3.22. The Bertz CT molecular complexity index is 1300. The van der Waals surface area contributed by atoms with Crippen molar-refractivity contribution in [2.45, 2.75) is 19.8 Å². The van der Waals surface area contributed by atoms with Gasteiger partial charge in [-0.1, -0.05) is 13.8 Å². The Labute approximate surface area is 167 Å². The van der Waals surface area contributed by atoms with Crippen LogP contribution in [-0.4, -0.2) is 23.7 Å². The van der Waals surface area contributed by atoms with E-state index < -0.39 is 0 Å². The highest BCUT2D eigenvalue weighted by atomic mass is 16.5. The molecule has 29 heavy (non-hydrogen) atoms. The van der Waals surface area contributed by atoms with Gasteiger partial charge in [-0.3, -0.25) is 18.4 Å². The van der Waals surface area contributed by atoms with E-state index in [0.717, 1.165) is 11.4 Å². The number of ether oxygens (including phenoxy) is 1. The van der Waals surface area contributed by atoms with E-state index in [4.69, 9.17) is 4.74 Å². The van der Waals surface area contributed by atoms with Crippen LogP contribution in [0.15, 0.2) is 47.7 Å². The fourth-order valence-electron chi connectivity index (χ4n) is 3.25. The van der Waals surface area contributed by atoms with Crippen molar-refractivity contribution in [3.63, 3.8) is 0 Å². The number of fused-ring (bicyclic) bond motifs is 1. The Kier molecular flexibility index (Phi) is 4.43. The van der Waals surface area contributed by atoms with E-state index in [1.165, 1.54) is 4.57 Å². The zero-order chi connectivity index (χ0) is 20.7. The molecule has 3 aromatic heterocycles. The van der Waals surface area contributed by atoms with Crippen molar-refractivity contribution in [1.29, 1.82) is 5.26 Å². The van der Waals surface area contributed by atoms with E-state index in [0.29, 0.717) is 28.4 Å². The summed E-state index contributed by atoms with van der Waals surface area (Å²) in [6, 6.07) is 9.41. The van der Waals surface area contributed by atoms with Crippen molar-refractivity contribution in [3.05, 3.63) is 64.6 Å². The van der Waals surface area contributed by atoms with E-state index in [-0.39, 0.29) is 11.5 Å². The number of imidazole rings is 1. The highest BCUT2D eigenvalue weighted by molar-refractivity contribution is 5.66. The molecular formula is C21H20N6O2. The lowest BCUT2D eigenvalue weighted by Crippen LogP contribution is -2.20. The molecule has 0 atom stereocenters. The van der Waals surface area contributed by atoms with Crippen molar-refractivity contribution in [3.8, 4) is 29.0 Å². The molecule has 0 unspecified atom stereocenters. The number of benzene rings is 1. The molecule has 8 nitrogen and oxygen atoms in total. The van der Waals surface area contributed by atoms with Crippen LogP contribution in [0.2, 0.25) is 0 Å². The third kappa shape index (κ3) is 3.17. The van der Waals surface area contributed by atoms with Crippen LogP contribution in [-0.2, 0) is 14.1 Å². The summed E-state index contributed by atoms with van der Waals surface area (Å²) in [5, 5.41) is 13.6. The summed E-state index contributed by atoms with van der Waals surface area (Å²) in [6.07, 6.45) is 5.05. The molecule has 0 amide bonds. The first-order chi connectivity index (χ1) is 13.9. The van der Waals surface area contributed by atoms with Crippen LogP contribution in [0, 0.1) is 11.3 Å². The third-order valence-corrected chi connectivity index (χ3v) is 4.74. The number of hydrogen-bond acceptors (Lipinski definition) is 5. The van der Waals surface area contributed by atoms with Gasteiger partial charge in [0.2, 0.25) is 5.88 Å². The zero-order valence-corrected chi connectivity index (χ0v) is 16.6. The largest absolute Gasteiger partial charge is 0.439 e. The second-order valence-corrected chi connectivity index (χ2v) is 7.16. The fraction of sp³-hybridized carbons (Fsp3) is 0.238. The topological polar surface area (TPSA) is 90.1 Å². The van der Waals surface area contributed by atoms with Crippen LogP contribution in [0.25, 0.3) is 16.8 Å². The predicted molar refractivity (Wildman–Crippen MR) is 108 cm³/mol. The molecule has 4 rings (SSSR count). The van der Waals surface area contributed by atoms with Gasteiger partial charge in [0.25, 0.3) is 5.56 Å². The normalized spacial score (nSPS) is 11.2. The summed E-state index contributed by atoms with van der Waals surface area (Å²) < 4.78 is 10.8. The number of rotatable bonds is 4. The molecule has 3 heterocycles. The Hall–Kier alpha value is -3.86. The van der Waals surface area contributed by atoms with E-state index in [9.17, 15) is 10.1 Å². The summed E-state index contributed by atoms with van der Waals surface area (Å²) in [5.41, 5.74) is 2.28. The molecule has 8 heteroatoms. The van der Waals surface area contributed by atoms with Gasteiger partial charge in [-0.2, -0.15) is 10.4 Å². The number of aromatic nitrogens is 5. The summed E-state index contributed by atoms with van der Waals surface area (Å²) in [5.74, 6) is 1.95. The minimum atomic E-state index is -0.175. The van der Waals surface area contributed by atoms with Crippen molar-refractivity contribution in [1.82, 2.24) is 23.7 Å². The van der Waals surface area contributed by atoms with E-state index in [1.54, 1.807) is 53.9 Å². The van der Waals surface area contributed by atoms with Crippen LogP contribution in [0.4, 0.5) is 0 Å². The van der Waals surface area contributed by atoms with Crippen LogP contribution >= 0.6 is 0 Å². The molecule has 0 spiro atoms. The number of nitriles is 1. The Morgan fingerprint density at radius 1 is 1.14 bits per heavy atom. The van der Waals surface area contributed by atoms with Crippen LogP contribution < -0.4 is 10.3 Å². The van der Waals surface area contributed by atoms with Crippen molar-refractivity contribution >= 4 is 5.52 Å². The summed E-state index contributed by atoms with van der Waals surface area (Å²) in [6.45, 7) is 4.05. The standard InChI is InChI=1S/C21H20N6O2/c1-13(2)20-23-10-17-21(28)26(4)18(12-27(17)20)29-16-7-5-14(6-8-16)19-15(9-22)11-25(3)24-19/h5-8,10-13H,1-4H3. The SMILES string of the molecule is CC(C)c1ncc2c(=O)n(C)c(Oc3ccc(-c4nn(C)cc4C#N)cc3)cn12. The van der Waals surface area contributed by atoms with E-state index in [2.05, 4.69) is 16.2 Å². The third-order valence-electron chi connectivity index (χ3n) is 4.74. The maximum atomic E-state index is 12.7. The minimum absolute atomic E-state index is 0.171. The van der Waals surface area contributed by atoms with Gasteiger partial charge < -0.3 is 4.74 Å². The minimum Gasteiger partial charge on any atom is -0.439 e. The lowest BCUT2D eigenvalue weighted by Gasteiger charge is -2.12. The Balaban J connectivity index is 1.70. The van der Waals surface area contributed by atoms with Gasteiger partial charge in [0.1, 0.15) is 28.9 Å². The lowest BCUT2D eigenvalue weighted by molar-refractivity contribution is 0.430. The molecule has 146 valence electrons. The molecule has 4 aromatic rings. The molecule has 0 radical (unpaired) electrons. The molecular weight excluding hydrogens is 368 g/mol. The molecule has 0 aliphatic rings. The molecule has 0 fully saturated rings. The van der Waals surface area contributed by atoms with Crippen LogP contribution in [0.5, 0.6) is 11.6 Å². The smallest absolute Gasteiger partial charge is 0.279 e. The van der Waals surface area contributed by atoms with Crippen LogP contribution in [0.3, 0.4) is 0 Å².